The molecule has 0 aliphatic heterocycles. The van der Waals surface area contributed by atoms with Gasteiger partial charge in [-0.15, -0.1) is 6.42 Å². The van der Waals surface area contributed by atoms with Gasteiger partial charge < -0.3 is 4.52 Å². The molecular weight excluding hydrogens is 132 g/mol. The summed E-state index contributed by atoms with van der Waals surface area (Å²) in [4.78, 5) is 3.66. The fraction of sp³-hybridized carbons (Fsp3) is 0.200. The van der Waals surface area contributed by atoms with E-state index < -0.39 is 0 Å². The quantitative estimate of drug-likeness (QED) is 0.335. The van der Waals surface area contributed by atoms with Gasteiger partial charge in [0.2, 0.25) is 0 Å². The Hall–Kier alpha value is -1.54. The molecule has 1 aromatic heterocycles. The topological polar surface area (TPSA) is 68.2 Å². The molecule has 0 atom stereocenters. The molecule has 0 unspecified atom stereocenters. The summed E-state index contributed by atoms with van der Waals surface area (Å²) < 4.78 is 4.59. The van der Waals surface area contributed by atoms with Crippen molar-refractivity contribution in [3.63, 3.8) is 0 Å². The van der Waals surface area contributed by atoms with E-state index in [0.29, 0.717) is 0 Å². The molecule has 0 aliphatic rings. The van der Waals surface area contributed by atoms with Gasteiger partial charge in [-0.3, -0.25) is 0 Å². The van der Waals surface area contributed by atoms with Crippen LogP contribution >= 0.6 is 0 Å². The minimum atomic E-state index is 0.220. The van der Waals surface area contributed by atoms with E-state index in [9.17, 15) is 0 Å². The second kappa shape index (κ2) is 2.85. The standard InChI is InChI=1S/C5H6N4O/c1-2-3-9(6)5-7-4-8-10-5/h1,4H,3,6H2. The third kappa shape index (κ3) is 1.24. The minimum absolute atomic E-state index is 0.220. The van der Waals surface area contributed by atoms with Gasteiger partial charge in [-0.25, -0.2) is 10.9 Å². The number of hydrogen-bond acceptors (Lipinski definition) is 5. The first-order valence-electron chi connectivity index (χ1n) is 2.57. The van der Waals surface area contributed by atoms with E-state index in [0.717, 1.165) is 0 Å². The first-order valence-corrected chi connectivity index (χ1v) is 2.57. The number of nitrogens with zero attached hydrogens (tertiary/aromatic N) is 3. The number of nitrogens with two attached hydrogens (primary N) is 1. The van der Waals surface area contributed by atoms with Gasteiger partial charge in [0.1, 0.15) is 0 Å². The van der Waals surface area contributed by atoms with Crippen LogP contribution in [-0.4, -0.2) is 16.7 Å². The lowest BCUT2D eigenvalue weighted by Crippen LogP contribution is -2.31. The summed E-state index contributed by atoms with van der Waals surface area (Å²) in [6.07, 6.45) is 6.23. The molecule has 0 spiro atoms. The van der Waals surface area contributed by atoms with Gasteiger partial charge in [-0.1, -0.05) is 11.1 Å². The number of aromatic nitrogens is 2. The number of hydrazine groups is 1. The molecule has 5 heteroatoms. The first-order chi connectivity index (χ1) is 4.84. The van der Waals surface area contributed by atoms with Gasteiger partial charge in [-0.2, -0.15) is 4.98 Å². The molecule has 1 heterocycles. The zero-order valence-corrected chi connectivity index (χ0v) is 5.19. The van der Waals surface area contributed by atoms with Gasteiger partial charge >= 0.3 is 6.01 Å². The lowest BCUT2D eigenvalue weighted by atomic mass is 10.6. The van der Waals surface area contributed by atoms with E-state index in [1.807, 2.05) is 0 Å². The molecule has 0 radical (unpaired) electrons. The fourth-order valence-corrected chi connectivity index (χ4v) is 0.460. The Morgan fingerprint density at radius 3 is 3.20 bits per heavy atom. The van der Waals surface area contributed by atoms with Gasteiger partial charge in [0.15, 0.2) is 6.33 Å². The Bertz CT molecular complexity index is 224. The van der Waals surface area contributed by atoms with Crippen molar-refractivity contribution in [2.45, 2.75) is 0 Å². The van der Waals surface area contributed by atoms with Crippen LogP contribution in [0.1, 0.15) is 0 Å². The minimum Gasteiger partial charge on any atom is -0.314 e. The van der Waals surface area contributed by atoms with Crippen LogP contribution in [0.5, 0.6) is 0 Å². The Labute approximate surface area is 57.8 Å². The maximum Gasteiger partial charge on any atom is 0.338 e. The molecule has 1 rings (SSSR count). The van der Waals surface area contributed by atoms with Gasteiger partial charge in [0, 0.05) is 0 Å². The van der Waals surface area contributed by atoms with Crippen LogP contribution in [0.15, 0.2) is 10.9 Å². The molecular formula is C5H6N4O. The fourth-order valence-electron chi connectivity index (χ4n) is 0.460. The normalized spacial score (nSPS) is 8.80. The van der Waals surface area contributed by atoms with Crippen LogP contribution < -0.4 is 10.9 Å². The lowest BCUT2D eigenvalue weighted by molar-refractivity contribution is 0.416. The highest BCUT2D eigenvalue weighted by Crippen LogP contribution is 2.00. The van der Waals surface area contributed by atoms with Gasteiger partial charge in [0.25, 0.3) is 0 Å². The summed E-state index contributed by atoms with van der Waals surface area (Å²) in [5.74, 6) is 7.67. The molecule has 52 valence electrons. The summed E-state index contributed by atoms with van der Waals surface area (Å²) in [6, 6.07) is 0.220. The average molecular weight is 138 g/mol. The van der Waals surface area contributed by atoms with E-state index in [-0.39, 0.29) is 12.6 Å². The number of anilines is 1. The van der Waals surface area contributed by atoms with Crippen molar-refractivity contribution in [1.29, 1.82) is 0 Å². The summed E-state index contributed by atoms with van der Waals surface area (Å²) in [6.45, 7) is 0.252. The zero-order valence-electron chi connectivity index (χ0n) is 5.19. The zero-order chi connectivity index (χ0) is 7.40. The summed E-state index contributed by atoms with van der Waals surface area (Å²) in [7, 11) is 0. The van der Waals surface area contributed by atoms with Crippen LogP contribution in [0.2, 0.25) is 0 Å². The van der Waals surface area contributed by atoms with Crippen molar-refractivity contribution < 1.29 is 4.52 Å². The Balaban J connectivity index is 2.61. The summed E-state index contributed by atoms with van der Waals surface area (Å²) in [5, 5.41) is 4.54. The maximum atomic E-state index is 5.34. The third-order valence-corrected chi connectivity index (χ3v) is 0.857. The first kappa shape index (κ1) is 6.58. The second-order valence-corrected chi connectivity index (χ2v) is 1.56. The van der Waals surface area contributed by atoms with Crippen LogP contribution in [0.25, 0.3) is 0 Å². The van der Waals surface area contributed by atoms with Crippen LogP contribution in [0, 0.1) is 12.3 Å². The monoisotopic (exact) mass is 138 g/mol. The second-order valence-electron chi connectivity index (χ2n) is 1.56. The summed E-state index contributed by atoms with van der Waals surface area (Å²) >= 11 is 0. The van der Waals surface area contributed by atoms with Crippen molar-refractivity contribution in [1.82, 2.24) is 10.1 Å². The van der Waals surface area contributed by atoms with Gasteiger partial charge in [-0.05, 0) is 0 Å². The van der Waals surface area contributed by atoms with Gasteiger partial charge in [0.05, 0.1) is 6.54 Å². The SMILES string of the molecule is C#CCN(N)c1ncno1. The van der Waals surface area contributed by atoms with E-state index >= 15 is 0 Å². The van der Waals surface area contributed by atoms with E-state index in [2.05, 4.69) is 20.6 Å². The van der Waals surface area contributed by atoms with Crippen LogP contribution in [0.4, 0.5) is 6.01 Å². The van der Waals surface area contributed by atoms with E-state index in [4.69, 9.17) is 12.3 Å². The van der Waals surface area contributed by atoms with Crippen molar-refractivity contribution in [2.24, 2.45) is 5.84 Å². The predicted octanol–water partition coefficient (Wildman–Crippen LogP) is -0.617. The highest BCUT2D eigenvalue weighted by atomic mass is 16.5. The Kier molecular flexibility index (Phi) is 1.87. The molecule has 0 aromatic carbocycles. The molecule has 0 bridgehead atoms. The molecule has 0 amide bonds. The van der Waals surface area contributed by atoms with E-state index in [1.165, 1.54) is 11.3 Å². The molecule has 0 saturated heterocycles. The van der Waals surface area contributed by atoms with Crippen LogP contribution in [-0.2, 0) is 0 Å². The number of terminal acetylenes is 1. The molecule has 0 aliphatic carbocycles. The number of hydrogen-bond donors (Lipinski definition) is 1. The molecule has 1 aromatic rings. The largest absolute Gasteiger partial charge is 0.338 e. The van der Waals surface area contributed by atoms with Crippen molar-refractivity contribution >= 4 is 6.01 Å². The third-order valence-electron chi connectivity index (χ3n) is 0.857. The Morgan fingerprint density at radius 1 is 1.90 bits per heavy atom. The van der Waals surface area contributed by atoms with Crippen molar-refractivity contribution in [2.75, 3.05) is 11.6 Å². The summed E-state index contributed by atoms with van der Waals surface area (Å²) in [5.41, 5.74) is 0. The number of rotatable bonds is 2. The molecule has 0 saturated carbocycles. The lowest BCUT2D eigenvalue weighted by Gasteiger charge is -2.06. The molecule has 5 nitrogen and oxygen atoms in total. The van der Waals surface area contributed by atoms with E-state index in [1.54, 1.807) is 0 Å². The average Bonchev–Trinajstić information content (AvgIpc) is 2.38. The highest BCUT2D eigenvalue weighted by Gasteiger charge is 2.03. The highest BCUT2D eigenvalue weighted by molar-refractivity contribution is 5.22. The molecule has 2 N–H and O–H groups in total. The maximum absolute atomic E-state index is 5.34. The Morgan fingerprint density at radius 2 is 2.70 bits per heavy atom. The molecule has 10 heavy (non-hydrogen) atoms. The van der Waals surface area contributed by atoms with Crippen molar-refractivity contribution in [3.05, 3.63) is 6.33 Å². The smallest absolute Gasteiger partial charge is 0.314 e. The predicted molar refractivity (Wildman–Crippen MR) is 34.7 cm³/mol. The van der Waals surface area contributed by atoms with Crippen LogP contribution in [0.3, 0.4) is 0 Å². The molecule has 0 fully saturated rings. The van der Waals surface area contributed by atoms with Crippen molar-refractivity contribution in [3.8, 4) is 12.3 Å².